The van der Waals surface area contributed by atoms with E-state index in [-0.39, 0.29) is 28.0 Å². The first kappa shape index (κ1) is 29.3. The number of phenols is 6. The fourth-order valence-electron chi connectivity index (χ4n) is 4.56. The number of aromatic hydroxyl groups is 6. The molecule has 226 valence electrons. The largest absolute Gasteiger partial charge is 0.508 e. The van der Waals surface area contributed by atoms with Crippen molar-refractivity contribution < 1.29 is 64.3 Å². The Labute approximate surface area is 241 Å². The van der Waals surface area contributed by atoms with Crippen LogP contribution in [-0.4, -0.2) is 77.5 Å². The van der Waals surface area contributed by atoms with Crippen molar-refractivity contribution in [1.82, 2.24) is 0 Å². The molecule has 3 aromatic carbocycles. The zero-order valence-corrected chi connectivity index (χ0v) is 22.5. The predicted octanol–water partition coefficient (Wildman–Crippen LogP) is 2.07. The minimum atomic E-state index is -1.83. The fourth-order valence-corrected chi connectivity index (χ4v) is 4.56. The summed E-state index contributed by atoms with van der Waals surface area (Å²) in [6.07, 6.45) is -8.15. The molecule has 1 aromatic heterocycles. The van der Waals surface area contributed by atoms with Crippen molar-refractivity contribution in [2.45, 2.75) is 44.6 Å². The predicted molar refractivity (Wildman–Crippen MR) is 145 cm³/mol. The normalized spacial score (nSPS) is 21.9. The highest BCUT2D eigenvalue weighted by Crippen LogP contribution is 2.40. The number of hydrogen-bond donors (Lipinski definition) is 8. The summed E-state index contributed by atoms with van der Waals surface area (Å²) in [5.74, 6) is -5.26. The molecule has 5 unspecified atom stereocenters. The van der Waals surface area contributed by atoms with Gasteiger partial charge >= 0.3 is 5.97 Å². The number of fused-ring (bicyclic) bond motifs is 1. The van der Waals surface area contributed by atoms with Gasteiger partial charge in [-0.05, 0) is 44.2 Å². The Balaban J connectivity index is 1.62. The SMILES string of the molecule is Cc1c(O)cc(C(=O)OC2C(Oc3c(-c4ccc(O)c(O)c4)oc4cc(O)cc(O)c4c3=O)OC(C)C(O)C2O)cc1O. The zero-order chi connectivity index (χ0) is 31.3. The molecule has 1 saturated heterocycles. The molecule has 0 spiro atoms. The van der Waals surface area contributed by atoms with Crippen molar-refractivity contribution in [3.05, 3.63) is 63.8 Å². The summed E-state index contributed by atoms with van der Waals surface area (Å²) in [7, 11) is 0. The van der Waals surface area contributed by atoms with Gasteiger partial charge in [0.15, 0.2) is 23.4 Å². The van der Waals surface area contributed by atoms with Gasteiger partial charge in [0.2, 0.25) is 17.5 Å². The number of ether oxygens (including phenoxy) is 3. The van der Waals surface area contributed by atoms with Gasteiger partial charge in [-0.1, -0.05) is 0 Å². The van der Waals surface area contributed by atoms with Crippen LogP contribution in [0.15, 0.2) is 51.7 Å². The maximum absolute atomic E-state index is 13.7. The van der Waals surface area contributed by atoms with Crippen LogP contribution in [0.4, 0.5) is 0 Å². The van der Waals surface area contributed by atoms with E-state index in [1.165, 1.54) is 19.9 Å². The molecule has 8 N–H and O–H groups in total. The summed E-state index contributed by atoms with van der Waals surface area (Å²) in [4.78, 5) is 26.7. The molecule has 5 rings (SSSR count). The lowest BCUT2D eigenvalue weighted by Crippen LogP contribution is -2.60. The molecule has 1 aliphatic heterocycles. The lowest BCUT2D eigenvalue weighted by atomic mass is 9.99. The number of esters is 1. The van der Waals surface area contributed by atoms with Crippen LogP contribution in [-0.2, 0) is 9.47 Å². The quantitative estimate of drug-likeness (QED) is 0.121. The molecule has 1 fully saturated rings. The third-order valence-electron chi connectivity index (χ3n) is 7.01. The second-order valence-corrected chi connectivity index (χ2v) is 9.95. The zero-order valence-electron chi connectivity index (χ0n) is 22.5. The van der Waals surface area contributed by atoms with E-state index in [9.17, 15) is 50.4 Å². The van der Waals surface area contributed by atoms with Crippen molar-refractivity contribution in [3.8, 4) is 51.6 Å². The van der Waals surface area contributed by atoms with Gasteiger partial charge in [0.1, 0.15) is 46.2 Å². The maximum Gasteiger partial charge on any atom is 0.339 e. The Bertz CT molecular complexity index is 1770. The van der Waals surface area contributed by atoms with Crippen molar-refractivity contribution in [2.24, 2.45) is 0 Å². The molecule has 4 aromatic rings. The van der Waals surface area contributed by atoms with E-state index in [0.717, 1.165) is 36.4 Å². The number of hydrogen-bond acceptors (Lipinski definition) is 14. The van der Waals surface area contributed by atoms with Gasteiger partial charge in [-0.15, -0.1) is 0 Å². The summed E-state index contributed by atoms with van der Waals surface area (Å²) in [6.45, 7) is 2.77. The standard InChI is InChI=1S/C29H26O14/c1-10-16(32)6-13(7-17(10)33)28(39)42-27-24(38)22(36)11(2)40-29(27)43-26-23(37)21-19(35)8-14(30)9-20(21)41-25(26)12-3-4-15(31)18(34)5-12/h3-9,11,22,24,27,29-36,38H,1-2H3. The number of rotatable bonds is 5. The molecular weight excluding hydrogens is 572 g/mol. The maximum atomic E-state index is 13.7. The highest BCUT2D eigenvalue weighted by Gasteiger charge is 2.47. The van der Waals surface area contributed by atoms with Gasteiger partial charge in [0.25, 0.3) is 0 Å². The Hall–Kier alpha value is -5.18. The smallest absolute Gasteiger partial charge is 0.339 e. The Morgan fingerprint density at radius 1 is 0.837 bits per heavy atom. The molecule has 2 heterocycles. The topological polar surface area (TPSA) is 237 Å². The number of benzene rings is 3. The minimum absolute atomic E-state index is 0.0178. The lowest BCUT2D eigenvalue weighted by Gasteiger charge is -2.40. The van der Waals surface area contributed by atoms with Crippen molar-refractivity contribution in [1.29, 1.82) is 0 Å². The van der Waals surface area contributed by atoms with Crippen LogP contribution < -0.4 is 10.2 Å². The highest BCUT2D eigenvalue weighted by atomic mass is 16.7. The third kappa shape index (κ3) is 5.30. The van der Waals surface area contributed by atoms with Gasteiger partial charge in [0, 0.05) is 23.3 Å². The second kappa shape index (κ2) is 10.9. The van der Waals surface area contributed by atoms with E-state index in [4.69, 9.17) is 18.6 Å². The number of carbonyl (C=O) groups is 1. The molecule has 5 atom stereocenters. The molecule has 1 aliphatic rings. The van der Waals surface area contributed by atoms with Crippen molar-refractivity contribution in [2.75, 3.05) is 0 Å². The number of carbonyl (C=O) groups excluding carboxylic acids is 1. The van der Waals surface area contributed by atoms with E-state index < -0.39 is 87.7 Å². The van der Waals surface area contributed by atoms with E-state index in [0.29, 0.717) is 0 Å². The summed E-state index contributed by atoms with van der Waals surface area (Å²) < 4.78 is 22.7. The van der Waals surface area contributed by atoms with E-state index in [2.05, 4.69) is 0 Å². The van der Waals surface area contributed by atoms with Gasteiger partial charge in [0.05, 0.1) is 11.7 Å². The Morgan fingerprint density at radius 3 is 2.16 bits per heavy atom. The Morgan fingerprint density at radius 2 is 1.51 bits per heavy atom. The summed E-state index contributed by atoms with van der Waals surface area (Å²) in [6, 6.07) is 7.32. The molecule has 0 saturated carbocycles. The lowest BCUT2D eigenvalue weighted by molar-refractivity contribution is -0.267. The Kier molecular flexibility index (Phi) is 7.43. The van der Waals surface area contributed by atoms with Crippen molar-refractivity contribution >= 4 is 16.9 Å². The van der Waals surface area contributed by atoms with Crippen LogP contribution in [0.25, 0.3) is 22.3 Å². The number of aliphatic hydroxyl groups is 2. The molecule has 14 nitrogen and oxygen atoms in total. The summed E-state index contributed by atoms with van der Waals surface area (Å²) >= 11 is 0. The minimum Gasteiger partial charge on any atom is -0.508 e. The highest BCUT2D eigenvalue weighted by molar-refractivity contribution is 5.91. The van der Waals surface area contributed by atoms with E-state index in [1.54, 1.807) is 0 Å². The first-order chi connectivity index (χ1) is 20.3. The van der Waals surface area contributed by atoms with Gasteiger partial charge in [-0.2, -0.15) is 0 Å². The molecule has 0 amide bonds. The molecule has 43 heavy (non-hydrogen) atoms. The average molecular weight is 599 g/mol. The van der Waals surface area contributed by atoms with Gasteiger partial charge in [-0.25, -0.2) is 4.79 Å². The molecule has 0 radical (unpaired) electrons. The van der Waals surface area contributed by atoms with Crippen LogP contribution in [0.2, 0.25) is 0 Å². The summed E-state index contributed by atoms with van der Waals surface area (Å²) in [5.41, 5.74) is -1.54. The molecular formula is C29H26O14. The third-order valence-corrected chi connectivity index (χ3v) is 7.01. The monoisotopic (exact) mass is 598 g/mol. The van der Waals surface area contributed by atoms with Crippen LogP contribution in [0.3, 0.4) is 0 Å². The van der Waals surface area contributed by atoms with Gasteiger partial charge in [-0.3, -0.25) is 4.79 Å². The van der Waals surface area contributed by atoms with Crippen LogP contribution >= 0.6 is 0 Å². The van der Waals surface area contributed by atoms with E-state index in [1.807, 2.05) is 0 Å². The first-order valence-corrected chi connectivity index (χ1v) is 12.7. The average Bonchev–Trinajstić information content (AvgIpc) is 2.94. The van der Waals surface area contributed by atoms with Gasteiger partial charge < -0.3 is 59.5 Å². The summed E-state index contributed by atoms with van der Waals surface area (Å²) in [5, 5.41) is 81.2. The van der Waals surface area contributed by atoms with E-state index >= 15 is 0 Å². The molecule has 0 bridgehead atoms. The first-order valence-electron chi connectivity index (χ1n) is 12.7. The second-order valence-electron chi connectivity index (χ2n) is 9.95. The van der Waals surface area contributed by atoms with Crippen LogP contribution in [0, 0.1) is 6.92 Å². The number of aliphatic hydroxyl groups excluding tert-OH is 2. The fraction of sp³-hybridized carbons (Fsp3) is 0.241. The number of phenolic OH excluding ortho intramolecular Hbond substituents is 6. The van der Waals surface area contributed by atoms with Crippen molar-refractivity contribution in [3.63, 3.8) is 0 Å². The van der Waals surface area contributed by atoms with Crippen LogP contribution in [0.1, 0.15) is 22.8 Å². The molecule has 0 aliphatic carbocycles. The van der Waals surface area contributed by atoms with Crippen LogP contribution in [0.5, 0.6) is 40.2 Å². The molecule has 14 heteroatoms.